The fourth-order valence-corrected chi connectivity index (χ4v) is 3.56. The van der Waals surface area contributed by atoms with Gasteiger partial charge in [0.2, 0.25) is 5.91 Å². The van der Waals surface area contributed by atoms with Crippen LogP contribution >= 0.6 is 0 Å². The topological polar surface area (TPSA) is 81.7 Å². The Morgan fingerprint density at radius 2 is 2.03 bits per heavy atom. The van der Waals surface area contributed by atoms with E-state index >= 15 is 0 Å². The highest BCUT2D eigenvalue weighted by molar-refractivity contribution is 5.80. The van der Waals surface area contributed by atoms with E-state index in [1.807, 2.05) is 24.4 Å². The Hall–Kier alpha value is -2.93. The van der Waals surface area contributed by atoms with Crippen molar-refractivity contribution in [2.75, 3.05) is 33.2 Å². The molecule has 0 saturated carbocycles. The molecule has 0 spiro atoms. The van der Waals surface area contributed by atoms with Gasteiger partial charge in [-0.15, -0.1) is 0 Å². The third-order valence-electron chi connectivity index (χ3n) is 5.23. The molecule has 7 heteroatoms. The summed E-state index contributed by atoms with van der Waals surface area (Å²) in [6.45, 7) is 5.79. The predicted octanol–water partition coefficient (Wildman–Crippen LogP) is 2.01. The zero-order valence-corrected chi connectivity index (χ0v) is 17.9. The first-order chi connectivity index (χ1) is 14.7. The van der Waals surface area contributed by atoms with Crippen LogP contribution in [0.1, 0.15) is 25.3 Å². The van der Waals surface area contributed by atoms with E-state index in [9.17, 15) is 4.79 Å². The number of guanidine groups is 1. The molecular formula is C23H32N6O. The molecule has 160 valence electrons. The molecule has 7 nitrogen and oxygen atoms in total. The molecule has 1 aliphatic rings. The Kier molecular flexibility index (Phi) is 8.20. The van der Waals surface area contributed by atoms with Gasteiger partial charge in [-0.25, -0.2) is 4.99 Å². The number of nitrogens with zero attached hydrogens (tertiary/aromatic N) is 3. The van der Waals surface area contributed by atoms with Gasteiger partial charge in [0.25, 0.3) is 0 Å². The molecule has 3 rings (SSSR count). The van der Waals surface area contributed by atoms with Crippen molar-refractivity contribution in [3.8, 4) is 11.3 Å². The van der Waals surface area contributed by atoms with E-state index in [1.165, 1.54) is 0 Å². The summed E-state index contributed by atoms with van der Waals surface area (Å²) >= 11 is 0. The lowest BCUT2D eigenvalue weighted by Crippen LogP contribution is -2.50. The summed E-state index contributed by atoms with van der Waals surface area (Å²) in [5, 5.41) is 9.60. The highest BCUT2D eigenvalue weighted by Gasteiger charge is 2.21. The molecule has 0 atom stereocenters. The first-order valence-corrected chi connectivity index (χ1v) is 10.7. The first-order valence-electron chi connectivity index (χ1n) is 10.7. The number of amides is 1. The maximum absolute atomic E-state index is 11.6. The van der Waals surface area contributed by atoms with Crippen molar-refractivity contribution in [2.45, 2.75) is 32.4 Å². The molecular weight excluding hydrogens is 376 g/mol. The van der Waals surface area contributed by atoms with Crippen molar-refractivity contribution in [1.82, 2.24) is 25.8 Å². The fourth-order valence-electron chi connectivity index (χ4n) is 3.56. The van der Waals surface area contributed by atoms with Crippen LogP contribution in [-0.4, -0.2) is 61.0 Å². The smallest absolute Gasteiger partial charge is 0.233 e. The van der Waals surface area contributed by atoms with Gasteiger partial charge < -0.3 is 16.0 Å². The zero-order valence-electron chi connectivity index (χ0n) is 17.9. The highest BCUT2D eigenvalue weighted by Crippen LogP contribution is 2.18. The molecule has 1 saturated heterocycles. The number of carbonyl (C=O) groups is 1. The minimum absolute atomic E-state index is 0.0734. The van der Waals surface area contributed by atoms with Crippen molar-refractivity contribution in [2.24, 2.45) is 4.99 Å². The number of piperidine rings is 1. The van der Waals surface area contributed by atoms with Crippen LogP contribution in [0.4, 0.5) is 0 Å². The van der Waals surface area contributed by atoms with Crippen LogP contribution in [0.5, 0.6) is 0 Å². The number of likely N-dealkylation sites (tertiary alicyclic amines) is 1. The second kappa shape index (κ2) is 11.3. The Morgan fingerprint density at radius 3 is 2.73 bits per heavy atom. The van der Waals surface area contributed by atoms with Gasteiger partial charge in [-0.05, 0) is 43.5 Å². The standard InChI is InChI=1S/C23H32N6O/c1-3-25-23(28-20-10-13-29(14-11-20)17-22(30)24-2)27-16-18-7-6-8-19(15-18)21-9-4-5-12-26-21/h4-9,12,15,20H,3,10-11,13-14,16-17H2,1-2H3,(H,24,30)(H2,25,27,28). The van der Waals surface area contributed by atoms with E-state index in [0.717, 1.165) is 55.3 Å². The molecule has 3 N–H and O–H groups in total. The Balaban J connectivity index is 1.57. The molecule has 1 amide bonds. The summed E-state index contributed by atoms with van der Waals surface area (Å²) in [6, 6.07) is 14.7. The molecule has 1 fully saturated rings. The van der Waals surface area contributed by atoms with Crippen LogP contribution in [-0.2, 0) is 11.3 Å². The molecule has 0 aliphatic carbocycles. The van der Waals surface area contributed by atoms with Crippen molar-refractivity contribution in [3.05, 3.63) is 54.2 Å². The van der Waals surface area contributed by atoms with E-state index in [1.54, 1.807) is 7.05 Å². The number of aliphatic imine (C=N–C) groups is 1. The third-order valence-corrected chi connectivity index (χ3v) is 5.23. The molecule has 1 aromatic heterocycles. The molecule has 30 heavy (non-hydrogen) atoms. The number of pyridine rings is 1. The second-order valence-corrected chi connectivity index (χ2v) is 7.48. The number of rotatable bonds is 7. The van der Waals surface area contributed by atoms with Gasteiger partial charge in [-0.1, -0.05) is 24.3 Å². The minimum Gasteiger partial charge on any atom is -0.358 e. The van der Waals surface area contributed by atoms with Gasteiger partial charge in [-0.2, -0.15) is 0 Å². The summed E-state index contributed by atoms with van der Waals surface area (Å²) in [4.78, 5) is 23.0. The maximum Gasteiger partial charge on any atom is 0.233 e. The van der Waals surface area contributed by atoms with E-state index in [0.29, 0.717) is 19.1 Å². The monoisotopic (exact) mass is 408 g/mol. The van der Waals surface area contributed by atoms with Crippen LogP contribution < -0.4 is 16.0 Å². The predicted molar refractivity (Wildman–Crippen MR) is 121 cm³/mol. The molecule has 1 aromatic carbocycles. The van der Waals surface area contributed by atoms with Crippen molar-refractivity contribution >= 4 is 11.9 Å². The second-order valence-electron chi connectivity index (χ2n) is 7.48. The van der Waals surface area contributed by atoms with Gasteiger partial charge in [-0.3, -0.25) is 14.7 Å². The highest BCUT2D eigenvalue weighted by atomic mass is 16.1. The summed E-state index contributed by atoms with van der Waals surface area (Å²) in [5.74, 6) is 0.912. The molecule has 2 aromatic rings. The Labute approximate surface area is 179 Å². The molecule has 1 aliphatic heterocycles. The van der Waals surface area contributed by atoms with Gasteiger partial charge in [0.05, 0.1) is 18.8 Å². The summed E-state index contributed by atoms with van der Waals surface area (Å²) < 4.78 is 0. The molecule has 0 radical (unpaired) electrons. The number of benzene rings is 1. The number of hydrogen-bond donors (Lipinski definition) is 3. The lowest BCUT2D eigenvalue weighted by atomic mass is 10.1. The largest absolute Gasteiger partial charge is 0.358 e. The SMILES string of the molecule is CCNC(=NCc1cccc(-c2ccccn2)c1)NC1CCN(CC(=O)NC)CC1. The lowest BCUT2D eigenvalue weighted by molar-refractivity contribution is -0.122. The Morgan fingerprint density at radius 1 is 1.20 bits per heavy atom. The maximum atomic E-state index is 11.6. The molecule has 0 bridgehead atoms. The average molecular weight is 409 g/mol. The zero-order chi connectivity index (χ0) is 21.2. The van der Waals surface area contributed by atoms with E-state index in [-0.39, 0.29) is 5.91 Å². The number of hydrogen-bond acceptors (Lipinski definition) is 4. The van der Waals surface area contributed by atoms with Crippen LogP contribution in [0, 0.1) is 0 Å². The van der Waals surface area contributed by atoms with Crippen LogP contribution in [0.15, 0.2) is 53.7 Å². The summed E-state index contributed by atoms with van der Waals surface area (Å²) in [6.07, 6.45) is 3.81. The third kappa shape index (κ3) is 6.56. The fraction of sp³-hybridized carbons (Fsp3) is 0.435. The van der Waals surface area contributed by atoms with Gasteiger partial charge in [0.1, 0.15) is 0 Å². The lowest BCUT2D eigenvalue weighted by Gasteiger charge is -2.32. The van der Waals surface area contributed by atoms with E-state index < -0.39 is 0 Å². The first kappa shape index (κ1) is 21.8. The summed E-state index contributed by atoms with van der Waals surface area (Å²) in [7, 11) is 1.68. The number of likely N-dealkylation sites (N-methyl/N-ethyl adjacent to an activating group) is 1. The van der Waals surface area contributed by atoms with E-state index in [4.69, 9.17) is 4.99 Å². The van der Waals surface area contributed by atoms with Crippen LogP contribution in [0.25, 0.3) is 11.3 Å². The number of nitrogens with one attached hydrogen (secondary N) is 3. The molecule has 2 heterocycles. The van der Waals surface area contributed by atoms with Gasteiger partial charge >= 0.3 is 0 Å². The quantitative estimate of drug-likeness (QED) is 0.482. The van der Waals surface area contributed by atoms with Crippen molar-refractivity contribution < 1.29 is 4.79 Å². The number of carbonyl (C=O) groups excluding carboxylic acids is 1. The number of aromatic nitrogens is 1. The normalized spacial score (nSPS) is 15.6. The van der Waals surface area contributed by atoms with Gasteiger partial charge in [0.15, 0.2) is 5.96 Å². The summed E-state index contributed by atoms with van der Waals surface area (Å²) in [5.41, 5.74) is 3.22. The van der Waals surface area contributed by atoms with Crippen LogP contribution in [0.3, 0.4) is 0 Å². The van der Waals surface area contributed by atoms with Crippen molar-refractivity contribution in [1.29, 1.82) is 0 Å². The Bertz CT molecular complexity index is 831. The van der Waals surface area contributed by atoms with Gasteiger partial charge in [0, 0.05) is 44.5 Å². The molecule has 0 unspecified atom stereocenters. The van der Waals surface area contributed by atoms with Crippen LogP contribution in [0.2, 0.25) is 0 Å². The van der Waals surface area contributed by atoms with E-state index in [2.05, 4.69) is 57.0 Å². The minimum atomic E-state index is 0.0734. The average Bonchev–Trinajstić information content (AvgIpc) is 2.79. The van der Waals surface area contributed by atoms with Crippen molar-refractivity contribution in [3.63, 3.8) is 0 Å².